The maximum Gasteiger partial charge on any atom is 0.255 e. The van der Waals surface area contributed by atoms with Crippen LogP contribution in [0, 0.1) is 11.3 Å². The first-order chi connectivity index (χ1) is 19.9. The standard InChI is InChI=1S/C28H34FN9O3S/c1-16(39)36-37-27(42)35-19-6-4-18(5-7-19)34-22-11-23(24-9-8-20-10-17(12-30)13-33-38(20)24)31-14-21(22)26(40)32-15-25(29)28(2,3)41/h8-11,13-14,18-19,25,41H,4-7,15H2,1-3H3,(H,31,34)(H,32,40)(H,36,39)(H2,35,37,42)/t18-,19-,25-/m1/s1. The van der Waals surface area contributed by atoms with Gasteiger partial charge in [-0.2, -0.15) is 10.4 Å². The zero-order valence-electron chi connectivity index (χ0n) is 23.6. The van der Waals surface area contributed by atoms with Crippen LogP contribution >= 0.6 is 12.2 Å². The Morgan fingerprint density at radius 2 is 1.90 bits per heavy atom. The van der Waals surface area contributed by atoms with Crippen LogP contribution in [0.1, 0.15) is 62.4 Å². The van der Waals surface area contributed by atoms with Crippen LogP contribution < -0.4 is 26.8 Å². The van der Waals surface area contributed by atoms with Gasteiger partial charge in [0.1, 0.15) is 12.2 Å². The van der Waals surface area contributed by atoms with E-state index in [2.05, 4.69) is 43.0 Å². The van der Waals surface area contributed by atoms with E-state index in [1.807, 2.05) is 12.1 Å². The Balaban J connectivity index is 1.53. The maximum atomic E-state index is 14.4. The fourth-order valence-electron chi connectivity index (χ4n) is 4.65. The van der Waals surface area contributed by atoms with Crippen LogP contribution in [-0.4, -0.2) is 67.0 Å². The van der Waals surface area contributed by atoms with Crippen molar-refractivity contribution >= 4 is 40.3 Å². The van der Waals surface area contributed by atoms with Gasteiger partial charge in [0.05, 0.1) is 52.1 Å². The molecular formula is C28H34FN9O3S. The minimum atomic E-state index is -1.66. The lowest BCUT2D eigenvalue weighted by atomic mass is 9.91. The zero-order valence-corrected chi connectivity index (χ0v) is 24.4. The number of hydrogen-bond acceptors (Lipinski definition) is 8. The minimum Gasteiger partial charge on any atom is -0.387 e. The first-order valence-corrected chi connectivity index (χ1v) is 14.0. The topological polar surface area (TPSA) is 168 Å². The molecule has 4 rings (SSSR count). The van der Waals surface area contributed by atoms with E-state index in [0.717, 1.165) is 31.2 Å². The van der Waals surface area contributed by atoms with Crippen LogP contribution in [0.15, 0.2) is 36.7 Å². The summed E-state index contributed by atoms with van der Waals surface area (Å²) in [7, 11) is 0. The van der Waals surface area contributed by atoms with E-state index < -0.39 is 17.7 Å². The van der Waals surface area contributed by atoms with Crippen molar-refractivity contribution in [2.24, 2.45) is 0 Å². The summed E-state index contributed by atoms with van der Waals surface area (Å²) in [6, 6.07) is 9.37. The normalized spacial score (nSPS) is 17.5. The van der Waals surface area contributed by atoms with E-state index >= 15 is 0 Å². The molecule has 0 unspecified atom stereocenters. The summed E-state index contributed by atoms with van der Waals surface area (Å²) in [5.41, 5.74) is 6.65. The molecule has 3 heterocycles. The lowest BCUT2D eigenvalue weighted by Gasteiger charge is -2.31. The van der Waals surface area contributed by atoms with E-state index in [1.165, 1.54) is 33.2 Å². The van der Waals surface area contributed by atoms with Gasteiger partial charge in [0.25, 0.3) is 5.91 Å². The second-order valence-corrected chi connectivity index (χ2v) is 11.2. The molecule has 222 valence electrons. The van der Waals surface area contributed by atoms with Crippen LogP contribution in [0.2, 0.25) is 0 Å². The number of amides is 2. The van der Waals surface area contributed by atoms with Crippen LogP contribution in [-0.2, 0) is 4.79 Å². The van der Waals surface area contributed by atoms with Crippen molar-refractivity contribution < 1.29 is 19.1 Å². The molecule has 1 fully saturated rings. The summed E-state index contributed by atoms with van der Waals surface area (Å²) in [5.74, 6) is -0.772. The van der Waals surface area contributed by atoms with Gasteiger partial charge in [0, 0.05) is 25.2 Å². The zero-order chi connectivity index (χ0) is 30.4. The average Bonchev–Trinajstić information content (AvgIpc) is 3.38. The largest absolute Gasteiger partial charge is 0.387 e. The number of hydrogen-bond donors (Lipinski definition) is 6. The summed E-state index contributed by atoms with van der Waals surface area (Å²) >= 11 is 5.23. The van der Waals surface area contributed by atoms with Gasteiger partial charge in [0.2, 0.25) is 5.91 Å². The molecule has 0 saturated heterocycles. The van der Waals surface area contributed by atoms with Crippen molar-refractivity contribution in [1.82, 2.24) is 36.1 Å². The maximum absolute atomic E-state index is 14.4. The van der Waals surface area contributed by atoms with Gasteiger partial charge in [-0.1, -0.05) is 0 Å². The molecular weight excluding hydrogens is 561 g/mol. The molecule has 1 atom stereocenters. The predicted octanol–water partition coefficient (Wildman–Crippen LogP) is 2.35. The van der Waals surface area contributed by atoms with Gasteiger partial charge in [-0.05, 0) is 76.0 Å². The van der Waals surface area contributed by atoms with E-state index in [9.17, 15) is 24.3 Å². The Bertz CT molecular complexity index is 1510. The van der Waals surface area contributed by atoms with Gasteiger partial charge in [0.15, 0.2) is 5.11 Å². The Morgan fingerprint density at radius 3 is 2.57 bits per heavy atom. The molecule has 6 N–H and O–H groups in total. The highest BCUT2D eigenvalue weighted by Gasteiger charge is 2.28. The number of aromatic nitrogens is 3. The van der Waals surface area contributed by atoms with Crippen LogP contribution in [0.5, 0.6) is 0 Å². The van der Waals surface area contributed by atoms with Crippen LogP contribution in [0.3, 0.4) is 0 Å². The third kappa shape index (κ3) is 7.68. The molecule has 0 aliphatic heterocycles. The summed E-state index contributed by atoms with van der Waals surface area (Å²) in [6.45, 7) is 3.71. The number of hydrazine groups is 1. The summed E-state index contributed by atoms with van der Waals surface area (Å²) in [5, 5.41) is 33.1. The third-order valence-corrected chi connectivity index (χ3v) is 7.24. The summed E-state index contributed by atoms with van der Waals surface area (Å²) in [6.07, 6.45) is 4.39. The quantitative estimate of drug-likeness (QED) is 0.168. The molecule has 12 nitrogen and oxygen atoms in total. The van der Waals surface area contributed by atoms with Crippen molar-refractivity contribution in [3.8, 4) is 17.5 Å². The predicted molar refractivity (Wildman–Crippen MR) is 159 cm³/mol. The number of carbonyl (C=O) groups excluding carboxylic acids is 2. The van der Waals surface area contributed by atoms with E-state index in [1.54, 1.807) is 16.6 Å². The summed E-state index contributed by atoms with van der Waals surface area (Å²) in [4.78, 5) is 28.8. The highest BCUT2D eigenvalue weighted by molar-refractivity contribution is 7.80. The summed E-state index contributed by atoms with van der Waals surface area (Å²) < 4.78 is 16.0. The lowest BCUT2D eigenvalue weighted by molar-refractivity contribution is -0.119. The Kier molecular flexibility index (Phi) is 9.54. The van der Waals surface area contributed by atoms with Gasteiger partial charge in [-0.25, -0.2) is 8.91 Å². The number of alkyl halides is 1. The smallest absolute Gasteiger partial charge is 0.255 e. The van der Waals surface area contributed by atoms with Gasteiger partial charge in [-0.15, -0.1) is 0 Å². The SMILES string of the molecule is CC(=O)NNC(=S)N[C@H]1CC[C@H](Nc2cc(-c3ccc4cc(C#N)cnn34)ncc2C(=O)NC[C@@H](F)C(C)(C)O)CC1. The molecule has 1 saturated carbocycles. The minimum absolute atomic E-state index is 0.0346. The molecule has 0 radical (unpaired) electrons. The Hall–Kier alpha value is -4.35. The first kappa shape index (κ1) is 30.6. The first-order valence-electron chi connectivity index (χ1n) is 13.6. The molecule has 2 amide bonds. The van der Waals surface area contributed by atoms with Crippen molar-refractivity contribution in [3.05, 3.63) is 47.8 Å². The molecule has 3 aromatic rings. The van der Waals surface area contributed by atoms with Gasteiger partial charge in [-0.3, -0.25) is 25.4 Å². The molecule has 42 heavy (non-hydrogen) atoms. The monoisotopic (exact) mass is 595 g/mol. The van der Waals surface area contributed by atoms with Crippen molar-refractivity contribution in [1.29, 1.82) is 5.26 Å². The fraction of sp³-hybridized carbons (Fsp3) is 0.429. The molecule has 14 heteroatoms. The van der Waals surface area contributed by atoms with Crippen LogP contribution in [0.25, 0.3) is 16.9 Å². The van der Waals surface area contributed by atoms with Crippen molar-refractivity contribution in [3.63, 3.8) is 0 Å². The second-order valence-electron chi connectivity index (χ2n) is 10.8. The number of anilines is 1. The number of pyridine rings is 1. The molecule has 0 bridgehead atoms. The number of fused-ring (bicyclic) bond motifs is 1. The average molecular weight is 596 g/mol. The highest BCUT2D eigenvalue weighted by Crippen LogP contribution is 2.29. The number of halogens is 1. The van der Waals surface area contributed by atoms with Crippen molar-refractivity contribution in [2.45, 2.75) is 70.3 Å². The van der Waals surface area contributed by atoms with E-state index in [-0.39, 0.29) is 30.1 Å². The number of aliphatic hydroxyl groups is 1. The Labute approximate surface area is 248 Å². The number of rotatable bonds is 8. The number of thiocarbonyl (C=S) groups is 1. The number of nitrogens with one attached hydrogen (secondary N) is 5. The number of carbonyl (C=O) groups is 2. The second kappa shape index (κ2) is 13.1. The third-order valence-electron chi connectivity index (χ3n) is 7.02. The highest BCUT2D eigenvalue weighted by atomic mass is 32.1. The van der Waals surface area contributed by atoms with Crippen molar-refractivity contribution in [2.75, 3.05) is 11.9 Å². The van der Waals surface area contributed by atoms with Gasteiger partial charge >= 0.3 is 0 Å². The molecule has 0 spiro atoms. The number of nitrogens with zero attached hydrogens (tertiary/aromatic N) is 4. The van der Waals surface area contributed by atoms with E-state index in [4.69, 9.17) is 12.2 Å². The number of nitriles is 1. The molecule has 3 aromatic heterocycles. The Morgan fingerprint density at radius 1 is 1.19 bits per heavy atom. The van der Waals surface area contributed by atoms with Crippen LogP contribution in [0.4, 0.5) is 10.1 Å². The molecule has 1 aliphatic carbocycles. The fourth-order valence-corrected chi connectivity index (χ4v) is 4.86. The lowest BCUT2D eigenvalue weighted by Crippen LogP contribution is -2.50. The molecule has 1 aliphatic rings. The van der Waals surface area contributed by atoms with Gasteiger partial charge < -0.3 is 21.1 Å². The molecule has 0 aromatic carbocycles. The van der Waals surface area contributed by atoms with E-state index in [0.29, 0.717) is 27.8 Å².